The molecule has 6 heteroatoms. The molecule has 0 aliphatic carbocycles. The van der Waals surface area contributed by atoms with Gasteiger partial charge >= 0.3 is 0 Å². The van der Waals surface area contributed by atoms with E-state index in [9.17, 15) is 14.0 Å². The van der Waals surface area contributed by atoms with E-state index in [-0.39, 0.29) is 17.9 Å². The first kappa shape index (κ1) is 15.5. The molecule has 2 aromatic rings. The molecular weight excluding hydrogens is 287 g/mol. The van der Waals surface area contributed by atoms with Crippen LogP contribution in [0.15, 0.2) is 42.5 Å². The molecule has 2 rings (SSSR count). The fourth-order valence-corrected chi connectivity index (χ4v) is 1.85. The highest BCUT2D eigenvalue weighted by atomic mass is 19.1. The van der Waals surface area contributed by atoms with Crippen LogP contribution in [-0.4, -0.2) is 18.4 Å². The van der Waals surface area contributed by atoms with Crippen LogP contribution in [0.3, 0.4) is 0 Å². The van der Waals surface area contributed by atoms with Crippen LogP contribution >= 0.6 is 0 Å². The van der Waals surface area contributed by atoms with Gasteiger partial charge in [0.25, 0.3) is 11.8 Å². The summed E-state index contributed by atoms with van der Waals surface area (Å²) in [5.41, 5.74) is 6.51. The van der Waals surface area contributed by atoms with Gasteiger partial charge in [0.05, 0.1) is 5.56 Å². The first-order valence-electron chi connectivity index (χ1n) is 6.55. The van der Waals surface area contributed by atoms with Crippen LogP contribution in [0.5, 0.6) is 5.75 Å². The SMILES string of the molecule is Cc1ccc(F)cc1NC(=O)COc1ccccc1C(N)=O. The number of benzene rings is 2. The van der Waals surface area contributed by atoms with Crippen LogP contribution < -0.4 is 15.8 Å². The fraction of sp³-hybridized carbons (Fsp3) is 0.125. The van der Waals surface area contributed by atoms with Crippen LogP contribution in [0.1, 0.15) is 15.9 Å². The fourth-order valence-electron chi connectivity index (χ4n) is 1.85. The monoisotopic (exact) mass is 302 g/mol. The Kier molecular flexibility index (Phi) is 4.73. The summed E-state index contributed by atoms with van der Waals surface area (Å²) in [5, 5.41) is 2.55. The zero-order valence-electron chi connectivity index (χ0n) is 11.9. The molecule has 0 saturated carbocycles. The minimum absolute atomic E-state index is 0.192. The summed E-state index contributed by atoms with van der Waals surface area (Å²) in [5.74, 6) is -1.33. The Bertz CT molecular complexity index is 716. The Morgan fingerprint density at radius 1 is 1.23 bits per heavy atom. The largest absolute Gasteiger partial charge is 0.483 e. The number of carbonyl (C=O) groups excluding carboxylic acids is 2. The quantitative estimate of drug-likeness (QED) is 0.888. The topological polar surface area (TPSA) is 81.4 Å². The predicted octanol–water partition coefficient (Wildman–Crippen LogP) is 2.25. The van der Waals surface area contributed by atoms with Gasteiger partial charge in [0.2, 0.25) is 0 Å². The minimum atomic E-state index is -0.642. The van der Waals surface area contributed by atoms with Gasteiger partial charge in [-0.1, -0.05) is 18.2 Å². The van der Waals surface area contributed by atoms with E-state index < -0.39 is 17.6 Å². The molecule has 0 heterocycles. The number of primary amides is 1. The summed E-state index contributed by atoms with van der Waals surface area (Å²) in [6.45, 7) is 1.43. The zero-order valence-corrected chi connectivity index (χ0v) is 11.9. The molecule has 0 aromatic heterocycles. The molecule has 0 aliphatic heterocycles. The summed E-state index contributed by atoms with van der Waals surface area (Å²) < 4.78 is 18.5. The van der Waals surface area contributed by atoms with Gasteiger partial charge in [-0.25, -0.2) is 4.39 Å². The summed E-state index contributed by atoms with van der Waals surface area (Å²) in [7, 11) is 0. The number of para-hydroxylation sites is 1. The van der Waals surface area contributed by atoms with Crippen LogP contribution in [0, 0.1) is 12.7 Å². The number of rotatable bonds is 5. The molecule has 0 radical (unpaired) electrons. The Hall–Kier alpha value is -2.89. The van der Waals surface area contributed by atoms with Gasteiger partial charge in [-0.2, -0.15) is 0 Å². The highest BCUT2D eigenvalue weighted by Gasteiger charge is 2.11. The van der Waals surface area contributed by atoms with E-state index in [1.54, 1.807) is 31.2 Å². The van der Waals surface area contributed by atoms with Gasteiger partial charge in [0.1, 0.15) is 11.6 Å². The molecule has 114 valence electrons. The van der Waals surface area contributed by atoms with Gasteiger partial charge in [0.15, 0.2) is 6.61 Å². The molecule has 5 nitrogen and oxygen atoms in total. The third-order valence-electron chi connectivity index (χ3n) is 2.98. The molecule has 22 heavy (non-hydrogen) atoms. The molecule has 0 fully saturated rings. The number of hydrogen-bond donors (Lipinski definition) is 2. The van der Waals surface area contributed by atoms with Crippen molar-refractivity contribution in [1.82, 2.24) is 0 Å². The zero-order chi connectivity index (χ0) is 16.1. The van der Waals surface area contributed by atoms with Gasteiger partial charge in [0, 0.05) is 5.69 Å². The lowest BCUT2D eigenvalue weighted by atomic mass is 10.2. The van der Waals surface area contributed by atoms with E-state index in [4.69, 9.17) is 10.5 Å². The van der Waals surface area contributed by atoms with Crippen molar-refractivity contribution < 1.29 is 18.7 Å². The highest BCUT2D eigenvalue weighted by Crippen LogP contribution is 2.18. The second kappa shape index (κ2) is 6.71. The number of amides is 2. The Morgan fingerprint density at radius 3 is 2.68 bits per heavy atom. The molecule has 0 spiro atoms. The summed E-state index contributed by atoms with van der Waals surface area (Å²) in [4.78, 5) is 23.1. The van der Waals surface area contributed by atoms with Crippen LogP contribution in [0.4, 0.5) is 10.1 Å². The van der Waals surface area contributed by atoms with Crippen molar-refractivity contribution in [2.24, 2.45) is 5.73 Å². The molecule has 2 amide bonds. The summed E-state index contributed by atoms with van der Waals surface area (Å²) in [6.07, 6.45) is 0. The van der Waals surface area contributed by atoms with Crippen LogP contribution in [-0.2, 0) is 4.79 Å². The molecule has 0 saturated heterocycles. The molecule has 0 aliphatic rings. The maximum absolute atomic E-state index is 13.2. The van der Waals surface area contributed by atoms with E-state index in [0.29, 0.717) is 5.69 Å². The summed E-state index contributed by atoms with van der Waals surface area (Å²) >= 11 is 0. The van der Waals surface area contributed by atoms with Gasteiger partial charge < -0.3 is 15.8 Å². The molecule has 0 unspecified atom stereocenters. The third-order valence-corrected chi connectivity index (χ3v) is 2.98. The van der Waals surface area contributed by atoms with Crippen molar-refractivity contribution in [3.8, 4) is 5.75 Å². The second-order valence-electron chi connectivity index (χ2n) is 4.66. The molecular formula is C16H15FN2O3. The van der Waals surface area contributed by atoms with E-state index >= 15 is 0 Å². The number of aryl methyl sites for hydroxylation is 1. The highest BCUT2D eigenvalue weighted by molar-refractivity contribution is 5.96. The summed E-state index contributed by atoms with van der Waals surface area (Å²) in [6, 6.07) is 10.5. The van der Waals surface area contributed by atoms with Gasteiger partial charge in [-0.15, -0.1) is 0 Å². The predicted molar refractivity (Wildman–Crippen MR) is 80.2 cm³/mol. The van der Waals surface area contributed by atoms with E-state index in [2.05, 4.69) is 5.32 Å². The van der Waals surface area contributed by atoms with Crippen molar-refractivity contribution in [1.29, 1.82) is 0 Å². The van der Waals surface area contributed by atoms with Crippen LogP contribution in [0.25, 0.3) is 0 Å². The second-order valence-corrected chi connectivity index (χ2v) is 4.66. The average molecular weight is 302 g/mol. The smallest absolute Gasteiger partial charge is 0.262 e. The Labute approximate surface area is 126 Å². The molecule has 0 bridgehead atoms. The number of hydrogen-bond acceptors (Lipinski definition) is 3. The molecule has 3 N–H and O–H groups in total. The minimum Gasteiger partial charge on any atom is -0.483 e. The number of carbonyl (C=O) groups is 2. The number of anilines is 1. The van der Waals surface area contributed by atoms with Gasteiger partial charge in [-0.3, -0.25) is 9.59 Å². The Morgan fingerprint density at radius 2 is 1.95 bits per heavy atom. The lowest BCUT2D eigenvalue weighted by Crippen LogP contribution is -2.22. The number of halogens is 1. The Balaban J connectivity index is 2.02. The number of nitrogens with two attached hydrogens (primary N) is 1. The average Bonchev–Trinajstić information content (AvgIpc) is 2.49. The van der Waals surface area contributed by atoms with Crippen molar-refractivity contribution in [2.45, 2.75) is 6.92 Å². The number of ether oxygens (including phenoxy) is 1. The third kappa shape index (κ3) is 3.82. The van der Waals surface area contributed by atoms with Crippen molar-refractivity contribution in [3.05, 3.63) is 59.4 Å². The van der Waals surface area contributed by atoms with Crippen molar-refractivity contribution in [2.75, 3.05) is 11.9 Å². The van der Waals surface area contributed by atoms with Crippen molar-refractivity contribution >= 4 is 17.5 Å². The number of nitrogens with one attached hydrogen (secondary N) is 1. The standard InChI is InChI=1S/C16H15FN2O3/c1-10-6-7-11(17)8-13(10)19-15(20)9-22-14-5-3-2-4-12(14)16(18)21/h2-8H,9H2,1H3,(H2,18,21)(H,19,20). The molecule has 2 aromatic carbocycles. The maximum atomic E-state index is 13.2. The lowest BCUT2D eigenvalue weighted by Gasteiger charge is -2.11. The van der Waals surface area contributed by atoms with E-state index in [1.165, 1.54) is 18.2 Å². The van der Waals surface area contributed by atoms with E-state index in [0.717, 1.165) is 5.56 Å². The van der Waals surface area contributed by atoms with E-state index in [1.807, 2.05) is 0 Å². The first-order chi connectivity index (χ1) is 10.5. The lowest BCUT2D eigenvalue weighted by molar-refractivity contribution is -0.118. The molecule has 0 atom stereocenters. The van der Waals surface area contributed by atoms with Gasteiger partial charge in [-0.05, 0) is 36.8 Å². The maximum Gasteiger partial charge on any atom is 0.262 e. The van der Waals surface area contributed by atoms with Crippen molar-refractivity contribution in [3.63, 3.8) is 0 Å². The van der Waals surface area contributed by atoms with Crippen LogP contribution in [0.2, 0.25) is 0 Å². The first-order valence-corrected chi connectivity index (χ1v) is 6.55. The normalized spacial score (nSPS) is 10.1.